The molecule has 2 N–H and O–H groups in total. The number of benzene rings is 2. The van der Waals surface area contributed by atoms with E-state index in [1.165, 1.54) is 7.11 Å². The summed E-state index contributed by atoms with van der Waals surface area (Å²) < 4.78 is 48.5. The molecule has 0 aliphatic heterocycles. The number of ether oxygens (including phenoxy) is 2. The molecular formula is C17H16F3N3O5. The minimum absolute atomic E-state index is 0.306. The Hall–Kier alpha value is -3.50. The van der Waals surface area contributed by atoms with Gasteiger partial charge in [0.2, 0.25) is 0 Å². The van der Waals surface area contributed by atoms with E-state index in [0.717, 1.165) is 11.6 Å². The maximum absolute atomic E-state index is 12.7. The Morgan fingerprint density at radius 1 is 1.18 bits per heavy atom. The van der Waals surface area contributed by atoms with Gasteiger partial charge in [0, 0.05) is 6.07 Å². The third-order valence-electron chi connectivity index (χ3n) is 3.54. The normalized spacial score (nSPS) is 10.9. The van der Waals surface area contributed by atoms with Crippen molar-refractivity contribution in [2.24, 2.45) is 0 Å². The molecule has 1 amide bonds. The highest BCUT2D eigenvalue weighted by atomic mass is 19.4. The van der Waals surface area contributed by atoms with Crippen LogP contribution in [0.25, 0.3) is 0 Å². The number of rotatable bonds is 7. The van der Waals surface area contributed by atoms with E-state index < -0.39 is 34.9 Å². The number of nitro benzene ring substituents is 1. The second-order valence-electron chi connectivity index (χ2n) is 5.60. The molecule has 0 spiro atoms. The number of carbonyl (C=O) groups excluding carboxylic acids is 1. The van der Waals surface area contributed by atoms with Crippen LogP contribution in [0, 0.1) is 17.0 Å². The quantitative estimate of drug-likeness (QED) is 0.546. The number of alkyl halides is 3. The Bertz CT molecular complexity index is 887. The van der Waals surface area contributed by atoms with E-state index in [1.54, 1.807) is 18.2 Å². The van der Waals surface area contributed by atoms with Crippen molar-refractivity contribution in [2.45, 2.75) is 13.1 Å². The first-order valence-corrected chi connectivity index (χ1v) is 7.79. The van der Waals surface area contributed by atoms with Crippen molar-refractivity contribution in [1.82, 2.24) is 5.43 Å². The van der Waals surface area contributed by atoms with Gasteiger partial charge in [-0.1, -0.05) is 6.07 Å². The van der Waals surface area contributed by atoms with Crippen LogP contribution in [0.1, 0.15) is 11.1 Å². The monoisotopic (exact) mass is 399 g/mol. The van der Waals surface area contributed by atoms with Crippen LogP contribution in [-0.4, -0.2) is 24.5 Å². The average molecular weight is 399 g/mol. The number of nitrogens with zero attached hydrogens (tertiary/aromatic N) is 1. The molecule has 0 heterocycles. The van der Waals surface area contributed by atoms with Gasteiger partial charge in [0.25, 0.3) is 11.6 Å². The zero-order chi connectivity index (χ0) is 20.9. The number of nitrogens with one attached hydrogen (secondary N) is 2. The first-order valence-electron chi connectivity index (χ1n) is 7.79. The van der Waals surface area contributed by atoms with Gasteiger partial charge in [0.05, 0.1) is 17.6 Å². The largest absolute Gasteiger partial charge is 0.493 e. The molecule has 28 heavy (non-hydrogen) atoms. The summed E-state index contributed by atoms with van der Waals surface area (Å²) in [6, 6.07) is 6.95. The number of hydrazine groups is 1. The lowest BCUT2D eigenvalue weighted by Crippen LogP contribution is -2.34. The lowest BCUT2D eigenvalue weighted by molar-refractivity contribution is -0.384. The maximum Gasteiger partial charge on any atom is 0.416 e. The fourth-order valence-corrected chi connectivity index (χ4v) is 2.18. The third kappa shape index (κ3) is 5.25. The van der Waals surface area contributed by atoms with E-state index in [0.29, 0.717) is 23.6 Å². The van der Waals surface area contributed by atoms with Gasteiger partial charge in [-0.25, -0.2) is 0 Å². The average Bonchev–Trinajstić information content (AvgIpc) is 2.64. The molecule has 0 aliphatic carbocycles. The molecule has 150 valence electrons. The van der Waals surface area contributed by atoms with Crippen LogP contribution in [-0.2, 0) is 11.0 Å². The minimum Gasteiger partial charge on any atom is -0.493 e. The van der Waals surface area contributed by atoms with Crippen LogP contribution in [0.4, 0.5) is 24.5 Å². The molecule has 0 aromatic heterocycles. The minimum atomic E-state index is -4.73. The number of aryl methyl sites for hydroxylation is 1. The highest BCUT2D eigenvalue weighted by molar-refractivity contribution is 5.80. The topological polar surface area (TPSA) is 103 Å². The Kier molecular flexibility index (Phi) is 6.29. The number of anilines is 1. The van der Waals surface area contributed by atoms with Crippen molar-refractivity contribution in [3.8, 4) is 11.5 Å². The second-order valence-corrected chi connectivity index (χ2v) is 5.60. The summed E-state index contributed by atoms with van der Waals surface area (Å²) in [7, 11) is 1.44. The van der Waals surface area contributed by atoms with Gasteiger partial charge in [-0.05, 0) is 36.8 Å². The second kappa shape index (κ2) is 8.46. The van der Waals surface area contributed by atoms with Crippen LogP contribution in [0.15, 0.2) is 36.4 Å². The summed E-state index contributed by atoms with van der Waals surface area (Å²) in [6.45, 7) is 1.39. The van der Waals surface area contributed by atoms with Crippen molar-refractivity contribution in [2.75, 3.05) is 19.1 Å². The molecule has 0 saturated heterocycles. The zero-order valence-corrected chi connectivity index (χ0v) is 14.8. The summed E-state index contributed by atoms with van der Waals surface area (Å²) in [5.74, 6) is 0.0136. The molecule has 0 radical (unpaired) electrons. The van der Waals surface area contributed by atoms with E-state index in [2.05, 4.69) is 10.9 Å². The smallest absolute Gasteiger partial charge is 0.416 e. The van der Waals surface area contributed by atoms with Crippen LogP contribution in [0.2, 0.25) is 0 Å². The predicted molar refractivity (Wildman–Crippen MR) is 93.1 cm³/mol. The number of carbonyl (C=O) groups is 1. The van der Waals surface area contributed by atoms with Crippen molar-refractivity contribution in [1.29, 1.82) is 0 Å². The molecule has 11 heteroatoms. The summed E-state index contributed by atoms with van der Waals surface area (Å²) in [6.07, 6.45) is -4.73. The lowest BCUT2D eigenvalue weighted by atomic mass is 10.1. The molecule has 2 aromatic rings. The molecule has 0 saturated carbocycles. The molecule has 2 rings (SSSR count). The van der Waals surface area contributed by atoms with E-state index in [1.807, 2.05) is 6.92 Å². The molecule has 8 nitrogen and oxygen atoms in total. The number of amides is 1. The van der Waals surface area contributed by atoms with Gasteiger partial charge in [0.15, 0.2) is 18.1 Å². The van der Waals surface area contributed by atoms with E-state index in [4.69, 9.17) is 9.47 Å². The summed E-state index contributed by atoms with van der Waals surface area (Å²) in [5.41, 5.74) is 2.96. The van der Waals surface area contributed by atoms with Crippen LogP contribution < -0.4 is 20.3 Å². The summed E-state index contributed by atoms with van der Waals surface area (Å²) in [5, 5.41) is 11.0. The molecule has 0 atom stereocenters. The standard InChI is InChI=1S/C17H16F3N3O5/c1-10-3-6-14(15(7-10)27-2)28-9-16(24)22-21-12-5-4-11(17(18,19)20)8-13(12)23(25)26/h3-8,21H,9H2,1-2H3,(H,22,24). The lowest BCUT2D eigenvalue weighted by Gasteiger charge is -2.13. The molecule has 0 bridgehead atoms. The van der Waals surface area contributed by atoms with Crippen molar-refractivity contribution < 1.29 is 32.4 Å². The highest BCUT2D eigenvalue weighted by Crippen LogP contribution is 2.34. The van der Waals surface area contributed by atoms with Gasteiger partial charge >= 0.3 is 6.18 Å². The van der Waals surface area contributed by atoms with E-state index >= 15 is 0 Å². The van der Waals surface area contributed by atoms with Gasteiger partial charge in [0.1, 0.15) is 5.69 Å². The van der Waals surface area contributed by atoms with Crippen LogP contribution in [0.5, 0.6) is 11.5 Å². The fourth-order valence-electron chi connectivity index (χ4n) is 2.18. The molecule has 0 fully saturated rings. The first-order chi connectivity index (χ1) is 13.1. The number of hydrogen-bond donors (Lipinski definition) is 2. The predicted octanol–water partition coefficient (Wildman–Crippen LogP) is 3.45. The Balaban J connectivity index is 2.02. The number of hydrogen-bond acceptors (Lipinski definition) is 6. The van der Waals surface area contributed by atoms with Crippen molar-refractivity contribution >= 4 is 17.3 Å². The zero-order valence-electron chi connectivity index (χ0n) is 14.8. The molecule has 0 aliphatic rings. The number of methoxy groups -OCH3 is 1. The maximum atomic E-state index is 12.7. The van der Waals surface area contributed by atoms with E-state index in [-0.39, 0.29) is 5.69 Å². The first kappa shape index (κ1) is 20.8. The summed E-state index contributed by atoms with van der Waals surface area (Å²) in [4.78, 5) is 21.9. The Labute approximate surface area is 157 Å². The fraction of sp³-hybridized carbons (Fsp3) is 0.235. The van der Waals surface area contributed by atoms with E-state index in [9.17, 15) is 28.1 Å². The van der Waals surface area contributed by atoms with Crippen molar-refractivity contribution in [3.05, 3.63) is 57.6 Å². The van der Waals surface area contributed by atoms with Gasteiger partial charge in [-0.15, -0.1) is 0 Å². The Morgan fingerprint density at radius 2 is 1.89 bits per heavy atom. The SMILES string of the molecule is COc1cc(C)ccc1OCC(=O)NNc1ccc(C(F)(F)F)cc1[N+](=O)[O-]. The van der Waals surface area contributed by atoms with Crippen LogP contribution in [0.3, 0.4) is 0 Å². The van der Waals surface area contributed by atoms with Gasteiger partial charge in [-0.3, -0.25) is 25.8 Å². The number of halogens is 3. The molecular weight excluding hydrogens is 383 g/mol. The van der Waals surface area contributed by atoms with Crippen molar-refractivity contribution in [3.63, 3.8) is 0 Å². The molecule has 0 unspecified atom stereocenters. The summed E-state index contributed by atoms with van der Waals surface area (Å²) >= 11 is 0. The molecule has 2 aromatic carbocycles. The highest BCUT2D eigenvalue weighted by Gasteiger charge is 2.33. The van der Waals surface area contributed by atoms with Crippen LogP contribution >= 0.6 is 0 Å². The van der Waals surface area contributed by atoms with Gasteiger partial charge < -0.3 is 9.47 Å². The Morgan fingerprint density at radius 3 is 2.50 bits per heavy atom. The van der Waals surface area contributed by atoms with Gasteiger partial charge in [-0.2, -0.15) is 13.2 Å². The third-order valence-corrected chi connectivity index (χ3v) is 3.54. The number of nitro groups is 1.